The first-order valence-corrected chi connectivity index (χ1v) is 14.8. The number of amides is 1. The number of nitrogens with one attached hydrogen (secondary N) is 2. The molecular weight excluding hydrogens is 492 g/mol. The van der Waals surface area contributed by atoms with Crippen molar-refractivity contribution in [3.8, 4) is 0 Å². The van der Waals surface area contributed by atoms with Crippen molar-refractivity contribution in [1.82, 2.24) is 20.2 Å². The van der Waals surface area contributed by atoms with Gasteiger partial charge in [-0.15, -0.1) is 0 Å². The first-order valence-electron chi connectivity index (χ1n) is 14.8. The van der Waals surface area contributed by atoms with Crippen LogP contribution >= 0.6 is 0 Å². The number of H-pyrrole nitrogens is 1. The molecule has 2 aromatic heterocycles. The highest BCUT2D eigenvalue weighted by molar-refractivity contribution is 5.91. The van der Waals surface area contributed by atoms with Gasteiger partial charge in [0.1, 0.15) is 0 Å². The van der Waals surface area contributed by atoms with Gasteiger partial charge in [-0.05, 0) is 80.0 Å². The lowest BCUT2D eigenvalue weighted by Crippen LogP contribution is -2.32. The van der Waals surface area contributed by atoms with E-state index in [0.29, 0.717) is 6.04 Å². The zero-order chi connectivity index (χ0) is 28.0. The Morgan fingerprint density at radius 1 is 0.925 bits per heavy atom. The van der Waals surface area contributed by atoms with E-state index in [1.807, 2.05) is 12.1 Å². The van der Waals surface area contributed by atoms with Crippen LogP contribution in [0.5, 0.6) is 0 Å². The van der Waals surface area contributed by atoms with Crippen LogP contribution in [0.15, 0.2) is 85.3 Å². The number of rotatable bonds is 16. The predicted octanol–water partition coefficient (Wildman–Crippen LogP) is 7.34. The molecule has 2 N–H and O–H groups in total. The molecule has 0 atom stereocenters. The summed E-state index contributed by atoms with van der Waals surface area (Å²) in [6.07, 6.45) is 17.0. The Kier molecular flexibility index (Phi) is 11.6. The van der Waals surface area contributed by atoms with E-state index in [1.165, 1.54) is 46.9 Å². The van der Waals surface area contributed by atoms with Crippen molar-refractivity contribution < 1.29 is 4.79 Å². The summed E-state index contributed by atoms with van der Waals surface area (Å²) in [5, 5.41) is 4.31. The molecule has 2 aromatic carbocycles. The molecule has 210 valence electrons. The second-order valence-corrected chi connectivity index (χ2v) is 10.9. The van der Waals surface area contributed by atoms with E-state index in [9.17, 15) is 4.79 Å². The normalized spacial score (nSPS) is 11.7. The summed E-state index contributed by atoms with van der Waals surface area (Å²) in [6.45, 7) is 7.34. The Hall–Kier alpha value is -3.70. The Bertz CT molecular complexity index is 1320. The predicted molar refractivity (Wildman–Crippen MR) is 167 cm³/mol. The molecule has 0 spiro atoms. The molecule has 2 heterocycles. The van der Waals surface area contributed by atoms with Crippen molar-refractivity contribution in [2.45, 2.75) is 71.4 Å². The van der Waals surface area contributed by atoms with E-state index in [4.69, 9.17) is 0 Å². The van der Waals surface area contributed by atoms with E-state index in [0.717, 1.165) is 50.9 Å². The van der Waals surface area contributed by atoms with Crippen LogP contribution in [0, 0.1) is 0 Å². The molecule has 0 aliphatic rings. The average molecular weight is 537 g/mol. The SMILES string of the molecule is CC(C)N(CCc1c[nH]c2ccccc12)Cc1ccc(CCCCCCCNC(=O)/C=C/c2cccnc2)cc1. The third-order valence-electron chi connectivity index (χ3n) is 7.54. The number of para-hydroxylation sites is 1. The van der Waals surface area contributed by atoms with Gasteiger partial charge in [0.05, 0.1) is 0 Å². The first-order chi connectivity index (χ1) is 19.6. The van der Waals surface area contributed by atoms with Gasteiger partial charge in [-0.3, -0.25) is 14.7 Å². The summed E-state index contributed by atoms with van der Waals surface area (Å²) >= 11 is 0. The lowest BCUT2D eigenvalue weighted by molar-refractivity contribution is -0.116. The Morgan fingerprint density at radius 2 is 1.70 bits per heavy atom. The fourth-order valence-electron chi connectivity index (χ4n) is 5.07. The minimum absolute atomic E-state index is 0.0434. The molecule has 4 aromatic rings. The molecule has 0 aliphatic heterocycles. The standard InChI is InChI=1S/C35H44N4O/c1-28(2)39(24-21-32-26-38-34-14-8-7-13-33(32)34)27-31-17-15-29(16-18-31)11-6-4-3-5-9-23-37-35(40)20-19-30-12-10-22-36-25-30/h7-8,10,12-20,22,25-26,28,38H,3-6,9,11,21,23-24,27H2,1-2H3,(H,37,40)/b20-19+. The first kappa shape index (κ1) is 29.3. The second-order valence-electron chi connectivity index (χ2n) is 10.9. The highest BCUT2D eigenvalue weighted by Crippen LogP contribution is 2.20. The summed E-state index contributed by atoms with van der Waals surface area (Å²) in [5.41, 5.74) is 6.36. The summed E-state index contributed by atoms with van der Waals surface area (Å²) in [6, 6.07) is 22.1. The number of aromatic amines is 1. The van der Waals surface area contributed by atoms with E-state index in [1.54, 1.807) is 24.5 Å². The molecule has 0 fully saturated rings. The number of carbonyl (C=O) groups is 1. The Balaban J connectivity index is 1.09. The molecule has 0 saturated carbocycles. The van der Waals surface area contributed by atoms with E-state index < -0.39 is 0 Å². The highest BCUT2D eigenvalue weighted by atomic mass is 16.1. The van der Waals surface area contributed by atoms with Crippen molar-refractivity contribution in [3.05, 3.63) is 108 Å². The van der Waals surface area contributed by atoms with E-state index in [-0.39, 0.29) is 5.91 Å². The molecule has 40 heavy (non-hydrogen) atoms. The van der Waals surface area contributed by atoms with Gasteiger partial charge in [0.2, 0.25) is 5.91 Å². The van der Waals surface area contributed by atoms with Crippen LogP contribution in [-0.2, 0) is 24.2 Å². The molecule has 1 amide bonds. The summed E-state index contributed by atoms with van der Waals surface area (Å²) < 4.78 is 0. The average Bonchev–Trinajstić information content (AvgIpc) is 3.39. The Labute approximate surface area is 239 Å². The number of aryl methyl sites for hydroxylation is 1. The second kappa shape index (κ2) is 15.8. The maximum atomic E-state index is 11.9. The lowest BCUT2D eigenvalue weighted by Gasteiger charge is -2.26. The summed E-state index contributed by atoms with van der Waals surface area (Å²) in [5.74, 6) is -0.0434. The van der Waals surface area contributed by atoms with Crippen molar-refractivity contribution in [2.24, 2.45) is 0 Å². The highest BCUT2D eigenvalue weighted by Gasteiger charge is 2.12. The molecule has 0 saturated heterocycles. The van der Waals surface area contributed by atoms with Crippen LogP contribution in [0.25, 0.3) is 17.0 Å². The molecule has 0 unspecified atom stereocenters. The van der Waals surface area contributed by atoms with Gasteiger partial charge in [-0.2, -0.15) is 0 Å². The van der Waals surface area contributed by atoms with Gasteiger partial charge in [0.25, 0.3) is 0 Å². The molecule has 0 aliphatic carbocycles. The van der Waals surface area contributed by atoms with Crippen LogP contribution in [0.2, 0.25) is 0 Å². The van der Waals surface area contributed by atoms with E-state index in [2.05, 4.69) is 88.8 Å². The van der Waals surface area contributed by atoms with Crippen molar-refractivity contribution in [2.75, 3.05) is 13.1 Å². The number of hydrogen-bond acceptors (Lipinski definition) is 3. The monoisotopic (exact) mass is 536 g/mol. The topological polar surface area (TPSA) is 61.0 Å². The number of benzene rings is 2. The molecule has 0 bridgehead atoms. The summed E-state index contributed by atoms with van der Waals surface area (Å²) in [4.78, 5) is 21.9. The smallest absolute Gasteiger partial charge is 0.243 e. The van der Waals surface area contributed by atoms with Crippen molar-refractivity contribution in [3.63, 3.8) is 0 Å². The summed E-state index contributed by atoms with van der Waals surface area (Å²) in [7, 11) is 0. The molecular formula is C35H44N4O. The number of hydrogen-bond donors (Lipinski definition) is 2. The van der Waals surface area contributed by atoms with Gasteiger partial charge in [0, 0.05) is 61.2 Å². The minimum Gasteiger partial charge on any atom is -0.361 e. The number of fused-ring (bicyclic) bond motifs is 1. The quantitative estimate of drug-likeness (QED) is 0.116. The van der Waals surface area contributed by atoms with Crippen molar-refractivity contribution >= 4 is 22.9 Å². The van der Waals surface area contributed by atoms with Crippen molar-refractivity contribution in [1.29, 1.82) is 0 Å². The number of aromatic nitrogens is 2. The van der Waals surface area contributed by atoms with Gasteiger partial charge >= 0.3 is 0 Å². The lowest BCUT2D eigenvalue weighted by atomic mass is 10.0. The maximum Gasteiger partial charge on any atom is 0.243 e. The number of pyridine rings is 1. The van der Waals surface area contributed by atoms with Crippen LogP contribution in [0.4, 0.5) is 0 Å². The van der Waals surface area contributed by atoms with Crippen LogP contribution < -0.4 is 5.32 Å². The van der Waals surface area contributed by atoms with Crippen LogP contribution in [0.3, 0.4) is 0 Å². The molecule has 0 radical (unpaired) electrons. The zero-order valence-corrected chi connectivity index (χ0v) is 24.1. The molecule has 5 nitrogen and oxygen atoms in total. The molecule has 4 rings (SSSR count). The van der Waals surface area contributed by atoms with Gasteiger partial charge in [-0.25, -0.2) is 0 Å². The van der Waals surface area contributed by atoms with Gasteiger partial charge < -0.3 is 10.3 Å². The number of unbranched alkanes of at least 4 members (excludes halogenated alkanes) is 4. The Morgan fingerprint density at radius 3 is 2.50 bits per heavy atom. The fourth-order valence-corrected chi connectivity index (χ4v) is 5.07. The third-order valence-corrected chi connectivity index (χ3v) is 7.54. The fraction of sp³-hybridized carbons (Fsp3) is 0.371. The zero-order valence-electron chi connectivity index (χ0n) is 24.1. The van der Waals surface area contributed by atoms with Crippen LogP contribution in [-0.4, -0.2) is 39.9 Å². The van der Waals surface area contributed by atoms with Gasteiger partial charge in [-0.1, -0.05) is 67.8 Å². The maximum absolute atomic E-state index is 11.9. The van der Waals surface area contributed by atoms with Gasteiger partial charge in [0.15, 0.2) is 0 Å². The van der Waals surface area contributed by atoms with E-state index >= 15 is 0 Å². The number of nitrogens with zero attached hydrogens (tertiary/aromatic N) is 2. The number of carbonyl (C=O) groups excluding carboxylic acids is 1. The largest absolute Gasteiger partial charge is 0.361 e. The van der Waals surface area contributed by atoms with Crippen LogP contribution in [0.1, 0.15) is 68.2 Å². The third kappa shape index (κ3) is 9.49. The molecule has 5 heteroatoms. The minimum atomic E-state index is -0.0434.